The number of rotatable bonds is 3. The van der Waals surface area contributed by atoms with Gasteiger partial charge >= 0.3 is 0 Å². The number of hydrogen-bond donors (Lipinski definition) is 0. The summed E-state index contributed by atoms with van der Waals surface area (Å²) < 4.78 is 2.19. The molecule has 0 bridgehead atoms. The quantitative estimate of drug-likeness (QED) is 0.624. The van der Waals surface area contributed by atoms with E-state index in [1.165, 1.54) is 0 Å². The molecule has 4 nitrogen and oxygen atoms in total. The van der Waals surface area contributed by atoms with Crippen LogP contribution < -0.4 is 0 Å². The van der Waals surface area contributed by atoms with Gasteiger partial charge in [-0.3, -0.25) is 0 Å². The Morgan fingerprint density at radius 1 is 1.17 bits per heavy atom. The van der Waals surface area contributed by atoms with E-state index in [9.17, 15) is 0 Å². The summed E-state index contributed by atoms with van der Waals surface area (Å²) in [7, 11) is 0. The van der Waals surface area contributed by atoms with Gasteiger partial charge in [-0.15, -0.1) is 0 Å². The number of imidazole rings is 1. The van der Waals surface area contributed by atoms with Crippen LogP contribution in [0.25, 0.3) is 11.5 Å². The molecular weight excluding hydrogens is 339 g/mol. The minimum atomic E-state index is -0.0188. The summed E-state index contributed by atoms with van der Waals surface area (Å²) in [6.45, 7) is 8.62. The van der Waals surface area contributed by atoms with Crippen molar-refractivity contribution < 1.29 is 0 Å². The van der Waals surface area contributed by atoms with E-state index >= 15 is 0 Å². The molecule has 2 heterocycles. The second-order valence-electron chi connectivity index (χ2n) is 4.98. The van der Waals surface area contributed by atoms with Crippen molar-refractivity contribution in [2.45, 2.75) is 37.2 Å². The molecule has 2 rings (SSSR count). The third-order valence-electron chi connectivity index (χ3n) is 2.64. The van der Waals surface area contributed by atoms with Gasteiger partial charge in [-0.05, 0) is 33.8 Å². The number of halogens is 1. The van der Waals surface area contributed by atoms with Crippen LogP contribution in [0.5, 0.6) is 0 Å². The summed E-state index contributed by atoms with van der Waals surface area (Å²) in [5.74, 6) is 1.78. The standard InChI is InChI=1S/C13H17IN4/c1-9(2)18-10(11-15-6-5-7-16-11)8-17-12(18)13(3,4)14/h5-9H,1-4H3. The molecule has 0 radical (unpaired) electrons. The molecule has 0 aliphatic carbocycles. The largest absolute Gasteiger partial charge is 0.322 e. The molecule has 0 saturated heterocycles. The molecule has 0 spiro atoms. The highest BCUT2D eigenvalue weighted by atomic mass is 127. The van der Waals surface area contributed by atoms with Crippen LogP contribution in [0, 0.1) is 0 Å². The summed E-state index contributed by atoms with van der Waals surface area (Å²) in [5.41, 5.74) is 0.977. The van der Waals surface area contributed by atoms with Gasteiger partial charge in [0, 0.05) is 18.4 Å². The van der Waals surface area contributed by atoms with Crippen LogP contribution >= 0.6 is 22.6 Å². The summed E-state index contributed by atoms with van der Waals surface area (Å²) in [6, 6.07) is 2.15. The fraction of sp³-hybridized carbons (Fsp3) is 0.462. The first-order valence-electron chi connectivity index (χ1n) is 5.95. The number of hydrogen-bond acceptors (Lipinski definition) is 3. The van der Waals surface area contributed by atoms with Crippen LogP contribution in [0.2, 0.25) is 0 Å². The highest BCUT2D eigenvalue weighted by Crippen LogP contribution is 2.34. The van der Waals surface area contributed by atoms with Crippen LogP contribution in [-0.4, -0.2) is 19.5 Å². The highest BCUT2D eigenvalue weighted by molar-refractivity contribution is 14.1. The van der Waals surface area contributed by atoms with Gasteiger partial charge in [-0.1, -0.05) is 22.6 Å². The Morgan fingerprint density at radius 3 is 2.28 bits per heavy atom. The average molecular weight is 356 g/mol. The Bertz CT molecular complexity index is 526. The predicted octanol–water partition coefficient (Wildman–Crippen LogP) is 3.59. The lowest BCUT2D eigenvalue weighted by atomic mass is 10.2. The molecule has 0 amide bonds. The van der Waals surface area contributed by atoms with Crippen molar-refractivity contribution in [3.63, 3.8) is 0 Å². The summed E-state index contributed by atoms with van der Waals surface area (Å²) >= 11 is 2.41. The monoisotopic (exact) mass is 356 g/mol. The normalized spacial score (nSPS) is 12.1. The molecule has 0 atom stereocenters. The van der Waals surface area contributed by atoms with Crippen molar-refractivity contribution in [3.05, 3.63) is 30.5 Å². The molecule has 5 heteroatoms. The average Bonchev–Trinajstić information content (AvgIpc) is 2.74. The Balaban J connectivity index is 2.60. The van der Waals surface area contributed by atoms with Crippen molar-refractivity contribution >= 4 is 22.6 Å². The molecule has 2 aromatic heterocycles. The van der Waals surface area contributed by atoms with Crippen LogP contribution in [0.4, 0.5) is 0 Å². The first-order valence-corrected chi connectivity index (χ1v) is 7.03. The van der Waals surface area contributed by atoms with Gasteiger partial charge in [0.25, 0.3) is 0 Å². The molecule has 0 aromatic carbocycles. The third kappa shape index (κ3) is 2.55. The van der Waals surface area contributed by atoms with Gasteiger partial charge in [0.2, 0.25) is 0 Å². The van der Waals surface area contributed by atoms with Gasteiger partial charge in [0.15, 0.2) is 5.82 Å². The Labute approximate surface area is 121 Å². The van der Waals surface area contributed by atoms with Crippen LogP contribution in [0.1, 0.15) is 39.6 Å². The molecule has 0 fully saturated rings. The smallest absolute Gasteiger partial charge is 0.177 e. The van der Waals surface area contributed by atoms with Crippen molar-refractivity contribution in [1.82, 2.24) is 19.5 Å². The molecule has 18 heavy (non-hydrogen) atoms. The van der Waals surface area contributed by atoms with E-state index in [0.29, 0.717) is 6.04 Å². The Hall–Kier alpha value is -0.980. The van der Waals surface area contributed by atoms with Gasteiger partial charge in [0.05, 0.1) is 9.62 Å². The van der Waals surface area contributed by atoms with Gasteiger partial charge in [-0.2, -0.15) is 0 Å². The maximum atomic E-state index is 4.56. The van der Waals surface area contributed by atoms with Crippen LogP contribution in [0.3, 0.4) is 0 Å². The van der Waals surface area contributed by atoms with Gasteiger partial charge < -0.3 is 4.57 Å². The second kappa shape index (κ2) is 4.95. The lowest BCUT2D eigenvalue weighted by Crippen LogP contribution is -2.18. The second-order valence-corrected chi connectivity index (χ2v) is 7.67. The molecule has 0 aliphatic heterocycles. The first kappa shape index (κ1) is 13.5. The topological polar surface area (TPSA) is 43.6 Å². The van der Waals surface area contributed by atoms with Crippen molar-refractivity contribution in [1.29, 1.82) is 0 Å². The third-order valence-corrected chi connectivity index (χ3v) is 3.12. The van der Waals surface area contributed by atoms with Gasteiger partial charge in [-0.25, -0.2) is 15.0 Å². The van der Waals surface area contributed by atoms with Crippen LogP contribution in [0.15, 0.2) is 24.7 Å². The van der Waals surface area contributed by atoms with E-state index in [1.54, 1.807) is 12.4 Å². The highest BCUT2D eigenvalue weighted by Gasteiger charge is 2.26. The van der Waals surface area contributed by atoms with E-state index in [0.717, 1.165) is 17.3 Å². The van der Waals surface area contributed by atoms with Crippen molar-refractivity contribution in [2.75, 3.05) is 0 Å². The van der Waals surface area contributed by atoms with E-state index in [2.05, 4.69) is 69.8 Å². The fourth-order valence-electron chi connectivity index (χ4n) is 1.92. The van der Waals surface area contributed by atoms with Gasteiger partial charge in [0.1, 0.15) is 11.5 Å². The maximum Gasteiger partial charge on any atom is 0.177 e. The predicted molar refractivity (Wildman–Crippen MR) is 80.7 cm³/mol. The molecule has 96 valence electrons. The molecule has 0 aliphatic rings. The first-order chi connectivity index (χ1) is 8.41. The zero-order valence-electron chi connectivity index (χ0n) is 11.1. The molecular formula is C13H17IN4. The number of aromatic nitrogens is 4. The number of nitrogens with zero attached hydrogens (tertiary/aromatic N) is 4. The fourth-order valence-corrected chi connectivity index (χ4v) is 2.32. The number of alkyl halides is 1. The SMILES string of the molecule is CC(C)n1c(-c2ncccn2)cnc1C(C)(C)I. The molecule has 0 N–H and O–H groups in total. The summed E-state index contributed by atoms with van der Waals surface area (Å²) in [6.07, 6.45) is 5.38. The van der Waals surface area contributed by atoms with Crippen molar-refractivity contribution in [2.24, 2.45) is 0 Å². The van der Waals surface area contributed by atoms with E-state index in [-0.39, 0.29) is 3.42 Å². The Kier molecular flexibility index (Phi) is 3.70. The van der Waals surface area contributed by atoms with Crippen LogP contribution in [-0.2, 0) is 3.42 Å². The minimum Gasteiger partial charge on any atom is -0.322 e. The summed E-state index contributed by atoms with van der Waals surface area (Å²) in [4.78, 5) is 13.2. The minimum absolute atomic E-state index is 0.0188. The Morgan fingerprint density at radius 2 is 1.78 bits per heavy atom. The lowest BCUT2D eigenvalue weighted by Gasteiger charge is -2.22. The van der Waals surface area contributed by atoms with E-state index in [4.69, 9.17) is 0 Å². The van der Waals surface area contributed by atoms with E-state index in [1.807, 2.05) is 12.3 Å². The molecule has 2 aromatic rings. The maximum absolute atomic E-state index is 4.56. The van der Waals surface area contributed by atoms with E-state index < -0.39 is 0 Å². The molecule has 0 unspecified atom stereocenters. The summed E-state index contributed by atoms with van der Waals surface area (Å²) in [5, 5.41) is 0. The zero-order valence-corrected chi connectivity index (χ0v) is 13.2. The van der Waals surface area contributed by atoms with Crippen molar-refractivity contribution in [3.8, 4) is 11.5 Å². The zero-order chi connectivity index (χ0) is 13.3. The lowest BCUT2D eigenvalue weighted by molar-refractivity contribution is 0.546. The molecule has 0 saturated carbocycles.